The zero-order chi connectivity index (χ0) is 94.7. The standard InChI is InChI=1S/C28H48O2.C26H34O3.C24H40.C22H38O2.C16H26/c1-9-10-11-12-21-13-15-22(16-14-21)17-26(30-29)23-18-24(27(3,4)5)20(2)25(19-23)28(6,7)8;1-10-22(27)29-24-19(12-17(3)14-21(24)26(7,8)9)15-18-11-16(2)13-20(23(18)28)25(4,5)6;1-9-10-18-11-13-19(14-12-18)20-15-21(23(3,4)5)17(2)22(16-20)24(6,7)8;1-19(2,3)13-21(7,8)15-11-18(24)16(12-17(15)23)22(9,10)14-20(4,5)6;1-11-9-13(15(3,4)5)12(2)14(10-11)16(6,7)8/h18-19,21-22,26,29H,9-17H2,1-8H3;10-14,28H,1,15H2,2-9H3;15-16,18-19H,9-14H2,1-8H3;11-12,23-24H,13-14H2,1-10H3;9-10H,1-8H3. The lowest BCUT2D eigenvalue weighted by Crippen LogP contribution is -2.27. The predicted molar refractivity (Wildman–Crippen MR) is 535 cm³/mol. The van der Waals surface area contributed by atoms with Crippen molar-refractivity contribution >= 4 is 5.97 Å². The summed E-state index contributed by atoms with van der Waals surface area (Å²) < 4.78 is 5.71. The first-order chi connectivity index (χ1) is 55.7. The summed E-state index contributed by atoms with van der Waals surface area (Å²) in [6.07, 6.45) is 23.4. The number of hydrogen-bond donors (Lipinski definition) is 4. The van der Waals surface area contributed by atoms with Crippen LogP contribution in [0, 0.1) is 70.1 Å². The number of aromatic hydroxyl groups is 3. The Labute approximate surface area is 757 Å². The van der Waals surface area contributed by atoms with Gasteiger partial charge in [-0.2, -0.15) is 0 Å². The van der Waals surface area contributed by atoms with Crippen LogP contribution in [0.5, 0.6) is 23.0 Å². The van der Waals surface area contributed by atoms with Gasteiger partial charge in [0.1, 0.15) is 29.1 Å². The van der Waals surface area contributed by atoms with Crippen molar-refractivity contribution in [2.45, 2.75) is 473 Å². The Morgan fingerprint density at radius 2 is 0.715 bits per heavy atom. The van der Waals surface area contributed by atoms with Crippen molar-refractivity contribution < 1.29 is 35.0 Å². The third kappa shape index (κ3) is 32.8. The number of phenolic OH excluding ortho intramolecular Hbond substituents is 3. The Balaban J connectivity index is 0.000000327. The molecular weight excluding hydrogens is 1510 g/mol. The average molecular weight is 1690 g/mol. The van der Waals surface area contributed by atoms with Crippen LogP contribution in [-0.2, 0) is 70.3 Å². The average Bonchev–Trinajstić information content (AvgIpc) is 0.788. The van der Waals surface area contributed by atoms with Crippen molar-refractivity contribution in [3.05, 3.63) is 197 Å². The van der Waals surface area contributed by atoms with E-state index in [0.29, 0.717) is 35.3 Å². The summed E-state index contributed by atoms with van der Waals surface area (Å²) in [7, 11) is 0. The minimum absolute atomic E-state index is 0.0661. The quantitative estimate of drug-likeness (QED) is 0.0121. The molecule has 0 aliphatic heterocycles. The second-order valence-electron chi connectivity index (χ2n) is 50.2. The molecule has 2 fully saturated rings. The molecule has 123 heavy (non-hydrogen) atoms. The number of benzene rings is 6. The van der Waals surface area contributed by atoms with Crippen LogP contribution in [0.25, 0.3) is 0 Å². The van der Waals surface area contributed by atoms with E-state index in [9.17, 15) is 25.4 Å². The van der Waals surface area contributed by atoms with Crippen LogP contribution in [0.15, 0.2) is 85.5 Å². The zero-order valence-electron chi connectivity index (χ0n) is 87.3. The number of aryl methyl sites for hydroxylation is 3. The summed E-state index contributed by atoms with van der Waals surface area (Å²) in [6.45, 7) is 97.2. The Kier molecular flexibility index (Phi) is 38.0. The van der Waals surface area contributed by atoms with E-state index in [1.807, 2.05) is 32.0 Å². The smallest absolute Gasteiger partial charge is 0.335 e. The van der Waals surface area contributed by atoms with E-state index in [-0.39, 0.29) is 71.1 Å². The summed E-state index contributed by atoms with van der Waals surface area (Å²) >= 11 is 0. The molecule has 0 spiro atoms. The lowest BCUT2D eigenvalue weighted by Gasteiger charge is -2.36. The number of carbonyl (C=O) groups excluding carboxylic acids is 1. The maximum atomic E-state index is 12.1. The number of phenols is 3. The summed E-state index contributed by atoms with van der Waals surface area (Å²) in [5.74, 6) is 4.31. The monoisotopic (exact) mass is 1690 g/mol. The molecule has 6 aromatic carbocycles. The summed E-state index contributed by atoms with van der Waals surface area (Å²) in [5.41, 5.74) is 25.3. The lowest BCUT2D eigenvalue weighted by atomic mass is 9.69. The molecule has 2 aliphatic carbocycles. The molecule has 2 aliphatic rings. The number of carbonyl (C=O) groups is 1. The van der Waals surface area contributed by atoms with Gasteiger partial charge in [0.2, 0.25) is 0 Å². The SMILES string of the molecule is C=CC(=O)Oc1c(Cc2cc(C)cc(C(C)(C)C)c2O)cc(C)cc1C(C)(C)C.CC(C)(C)CC(C)(C)c1cc(O)c(C(C)(C)CC(C)(C)C)cc1O.CCCC1CCC(c2cc(C(C)(C)C)c(C)c(C(C)(C)C)c2)CC1.CCCCCC1CCC(CC(OO)c2cc(C(C)(C)C)c(C)c(C(C)(C)C)c2)CC1.Cc1cc(C(C)(C)C)c(C)c(C(C)(C)C)c1. The van der Waals surface area contributed by atoms with E-state index >= 15 is 0 Å². The Morgan fingerprint density at radius 3 is 1.07 bits per heavy atom. The first kappa shape index (κ1) is 109. The van der Waals surface area contributed by atoms with E-state index in [2.05, 4.69) is 326 Å². The Morgan fingerprint density at radius 1 is 0.390 bits per heavy atom. The second-order valence-corrected chi connectivity index (χ2v) is 50.2. The molecule has 2 saturated carbocycles. The van der Waals surface area contributed by atoms with Crippen LogP contribution in [0.2, 0.25) is 0 Å². The van der Waals surface area contributed by atoms with E-state index < -0.39 is 5.97 Å². The molecule has 4 N–H and O–H groups in total. The fourth-order valence-electron chi connectivity index (χ4n) is 20.7. The molecule has 0 radical (unpaired) electrons. The van der Waals surface area contributed by atoms with Crippen molar-refractivity contribution in [1.82, 2.24) is 0 Å². The molecule has 7 nitrogen and oxygen atoms in total. The molecule has 6 aromatic rings. The van der Waals surface area contributed by atoms with Crippen LogP contribution < -0.4 is 4.74 Å². The lowest BCUT2D eigenvalue weighted by molar-refractivity contribution is -0.285. The first-order valence-corrected chi connectivity index (χ1v) is 47.8. The molecule has 0 heterocycles. The normalized spacial score (nSPS) is 17.0. The van der Waals surface area contributed by atoms with Crippen LogP contribution in [-0.4, -0.2) is 26.5 Å². The molecule has 1 unspecified atom stereocenters. The molecule has 0 saturated heterocycles. The molecule has 0 bridgehead atoms. The van der Waals surface area contributed by atoms with Crippen LogP contribution >= 0.6 is 0 Å². The van der Waals surface area contributed by atoms with Gasteiger partial charge in [0.15, 0.2) is 0 Å². The van der Waals surface area contributed by atoms with Gasteiger partial charge in [-0.1, -0.05) is 397 Å². The van der Waals surface area contributed by atoms with Crippen LogP contribution in [0.1, 0.15) is 482 Å². The maximum absolute atomic E-state index is 12.1. The van der Waals surface area contributed by atoms with Gasteiger partial charge >= 0.3 is 5.97 Å². The minimum Gasteiger partial charge on any atom is -0.508 e. The Bertz CT molecular complexity index is 4240. The fourth-order valence-corrected chi connectivity index (χ4v) is 20.7. The Hall–Kier alpha value is -6.15. The minimum atomic E-state index is -0.482. The van der Waals surface area contributed by atoms with Crippen LogP contribution in [0.4, 0.5) is 0 Å². The van der Waals surface area contributed by atoms with Gasteiger partial charge in [-0.05, 0) is 265 Å². The third-order valence-corrected chi connectivity index (χ3v) is 26.0. The van der Waals surface area contributed by atoms with Crippen molar-refractivity contribution in [1.29, 1.82) is 0 Å². The molecule has 692 valence electrons. The number of ether oxygens (including phenoxy) is 1. The van der Waals surface area contributed by atoms with Gasteiger partial charge in [-0.15, -0.1) is 0 Å². The van der Waals surface area contributed by atoms with E-state index in [0.717, 1.165) is 87.1 Å². The molecule has 7 heteroatoms. The second kappa shape index (κ2) is 42.8. The number of hydrogen-bond acceptors (Lipinski definition) is 7. The molecule has 0 amide bonds. The van der Waals surface area contributed by atoms with Gasteiger partial charge in [0.25, 0.3) is 0 Å². The number of esters is 1. The summed E-state index contributed by atoms with van der Waals surface area (Å²) in [6, 6.07) is 26.0. The molecule has 0 aromatic heterocycles. The number of unbranched alkanes of at least 4 members (excludes halogenated alkanes) is 2. The highest BCUT2D eigenvalue weighted by Gasteiger charge is 2.37. The fraction of sp³-hybridized carbons (Fsp3) is 0.664. The highest BCUT2D eigenvalue weighted by Crippen LogP contribution is 2.50. The molecule has 1 atom stereocenters. The van der Waals surface area contributed by atoms with Crippen LogP contribution in [0.3, 0.4) is 0 Å². The zero-order valence-corrected chi connectivity index (χ0v) is 87.3. The number of rotatable bonds is 19. The largest absolute Gasteiger partial charge is 0.508 e. The van der Waals surface area contributed by atoms with E-state index in [4.69, 9.17) is 9.62 Å². The predicted octanol–water partition coefficient (Wildman–Crippen LogP) is 34.3. The topological polar surface area (TPSA) is 116 Å². The maximum Gasteiger partial charge on any atom is 0.335 e. The van der Waals surface area contributed by atoms with Gasteiger partial charge in [-0.25, -0.2) is 9.68 Å². The van der Waals surface area contributed by atoms with Crippen molar-refractivity contribution in [2.75, 3.05) is 0 Å². The van der Waals surface area contributed by atoms with Crippen molar-refractivity contribution in [3.63, 3.8) is 0 Å². The van der Waals surface area contributed by atoms with E-state index in [1.165, 1.54) is 140 Å². The van der Waals surface area contributed by atoms with Crippen molar-refractivity contribution in [3.8, 4) is 23.0 Å². The summed E-state index contributed by atoms with van der Waals surface area (Å²) in [5, 5.41) is 42.3. The molecular formula is C116H186O7. The molecule has 8 rings (SSSR count). The highest BCUT2D eigenvalue weighted by molar-refractivity contribution is 5.84. The van der Waals surface area contributed by atoms with Crippen molar-refractivity contribution in [2.24, 2.45) is 28.6 Å². The van der Waals surface area contributed by atoms with Gasteiger partial charge < -0.3 is 20.1 Å². The first-order valence-electron chi connectivity index (χ1n) is 47.8. The summed E-state index contributed by atoms with van der Waals surface area (Å²) in [4.78, 5) is 17.2. The van der Waals surface area contributed by atoms with Gasteiger partial charge in [0, 0.05) is 29.2 Å². The van der Waals surface area contributed by atoms with Gasteiger partial charge in [0.05, 0.1) is 0 Å². The van der Waals surface area contributed by atoms with Gasteiger partial charge in [-0.3, -0.25) is 5.26 Å². The van der Waals surface area contributed by atoms with E-state index in [1.54, 1.807) is 28.8 Å². The third-order valence-electron chi connectivity index (χ3n) is 26.0. The highest BCUT2D eigenvalue weighted by atomic mass is 17.1.